The Labute approximate surface area is 90.2 Å². The molecule has 0 bridgehead atoms. The van der Waals surface area contributed by atoms with E-state index in [1.807, 2.05) is 0 Å². The molecule has 1 aromatic rings. The Hall–Kier alpha value is -1.11. The molecule has 4 nitrogen and oxygen atoms in total. The molecule has 0 amide bonds. The van der Waals surface area contributed by atoms with Gasteiger partial charge in [-0.3, -0.25) is 0 Å². The maximum absolute atomic E-state index is 12.1. The highest BCUT2D eigenvalue weighted by Crippen LogP contribution is 2.23. The molecular weight excluding hydrogens is 223 g/mol. The van der Waals surface area contributed by atoms with Gasteiger partial charge in [-0.05, 0) is 19.4 Å². The third kappa shape index (κ3) is 2.94. The molecule has 1 unspecified atom stereocenters. The predicted octanol–water partition coefficient (Wildman–Crippen LogP) is 1.64. The SMILES string of the molecule is FC(F)(F)Cc1nc(C2CCCNC2)no1. The first-order chi connectivity index (χ1) is 7.54. The summed E-state index contributed by atoms with van der Waals surface area (Å²) in [5.74, 6) is 0.0963. The molecule has 1 atom stereocenters. The van der Waals surface area contributed by atoms with Crippen molar-refractivity contribution < 1.29 is 17.7 Å². The Morgan fingerprint density at radius 3 is 2.88 bits per heavy atom. The maximum Gasteiger partial charge on any atom is 0.397 e. The van der Waals surface area contributed by atoms with E-state index < -0.39 is 12.6 Å². The summed E-state index contributed by atoms with van der Waals surface area (Å²) in [4.78, 5) is 3.78. The van der Waals surface area contributed by atoms with Gasteiger partial charge < -0.3 is 9.84 Å². The van der Waals surface area contributed by atoms with E-state index in [2.05, 4.69) is 20.0 Å². The number of aromatic nitrogens is 2. The van der Waals surface area contributed by atoms with E-state index in [9.17, 15) is 13.2 Å². The first-order valence-corrected chi connectivity index (χ1v) is 5.14. The molecule has 0 aromatic carbocycles. The van der Waals surface area contributed by atoms with Gasteiger partial charge in [0.25, 0.3) is 0 Å². The molecule has 1 saturated heterocycles. The number of halogens is 3. The summed E-state index contributed by atoms with van der Waals surface area (Å²) < 4.78 is 40.7. The molecule has 1 fully saturated rings. The summed E-state index contributed by atoms with van der Waals surface area (Å²) in [6.45, 7) is 1.63. The molecule has 1 aliphatic heterocycles. The van der Waals surface area contributed by atoms with Crippen LogP contribution in [0.5, 0.6) is 0 Å². The molecule has 0 spiro atoms. The van der Waals surface area contributed by atoms with Gasteiger partial charge >= 0.3 is 6.18 Å². The molecular formula is C9H12F3N3O. The smallest absolute Gasteiger partial charge is 0.339 e. The van der Waals surface area contributed by atoms with E-state index in [1.54, 1.807) is 0 Å². The van der Waals surface area contributed by atoms with Gasteiger partial charge in [0.05, 0.1) is 0 Å². The van der Waals surface area contributed by atoms with Crippen molar-refractivity contribution in [2.75, 3.05) is 13.1 Å². The normalized spacial score (nSPS) is 22.3. The number of hydrogen-bond donors (Lipinski definition) is 1. The summed E-state index contributed by atoms with van der Waals surface area (Å²) in [7, 11) is 0. The van der Waals surface area contributed by atoms with Gasteiger partial charge in [-0.1, -0.05) is 5.16 Å². The molecule has 16 heavy (non-hydrogen) atoms. The lowest BCUT2D eigenvalue weighted by Crippen LogP contribution is -2.28. The van der Waals surface area contributed by atoms with Crippen LogP contribution in [0.2, 0.25) is 0 Å². The second kappa shape index (κ2) is 4.40. The minimum atomic E-state index is -4.30. The maximum atomic E-state index is 12.1. The van der Waals surface area contributed by atoms with Gasteiger partial charge in [0.15, 0.2) is 5.82 Å². The van der Waals surface area contributed by atoms with Crippen molar-refractivity contribution in [3.8, 4) is 0 Å². The van der Waals surface area contributed by atoms with Gasteiger partial charge in [0, 0.05) is 12.5 Å². The van der Waals surface area contributed by atoms with E-state index in [1.165, 1.54) is 0 Å². The summed E-state index contributed by atoms with van der Waals surface area (Å²) in [5.41, 5.74) is 0. The van der Waals surface area contributed by atoms with Gasteiger partial charge in [-0.2, -0.15) is 18.2 Å². The monoisotopic (exact) mass is 235 g/mol. The van der Waals surface area contributed by atoms with Gasteiger partial charge in [-0.25, -0.2) is 0 Å². The second-order valence-electron chi connectivity index (χ2n) is 3.88. The molecule has 0 aliphatic carbocycles. The second-order valence-corrected chi connectivity index (χ2v) is 3.88. The topological polar surface area (TPSA) is 51.0 Å². The molecule has 1 aromatic heterocycles. The highest BCUT2D eigenvalue weighted by molar-refractivity contribution is 4.98. The third-order valence-corrected chi connectivity index (χ3v) is 2.50. The van der Waals surface area contributed by atoms with Gasteiger partial charge in [0.2, 0.25) is 5.89 Å². The minimum Gasteiger partial charge on any atom is -0.339 e. The number of piperidine rings is 1. The molecule has 2 rings (SSSR count). The summed E-state index contributed by atoms with van der Waals surface area (Å²) >= 11 is 0. The van der Waals surface area contributed by atoms with Crippen molar-refractivity contribution in [3.05, 3.63) is 11.7 Å². The first kappa shape index (κ1) is 11.4. The quantitative estimate of drug-likeness (QED) is 0.846. The van der Waals surface area contributed by atoms with Crippen molar-refractivity contribution in [1.29, 1.82) is 0 Å². The summed E-state index contributed by atoms with van der Waals surface area (Å²) in [6, 6.07) is 0. The average Bonchev–Trinajstić information content (AvgIpc) is 2.65. The number of nitrogens with one attached hydrogen (secondary N) is 1. The average molecular weight is 235 g/mol. The van der Waals surface area contributed by atoms with E-state index >= 15 is 0 Å². The Morgan fingerprint density at radius 2 is 2.25 bits per heavy atom. The van der Waals surface area contributed by atoms with Crippen LogP contribution in [0.15, 0.2) is 4.52 Å². The molecule has 2 heterocycles. The van der Waals surface area contributed by atoms with Gasteiger partial charge in [0.1, 0.15) is 6.42 Å². The van der Waals surface area contributed by atoms with Crippen molar-refractivity contribution in [1.82, 2.24) is 15.5 Å². The van der Waals surface area contributed by atoms with Crippen molar-refractivity contribution in [2.24, 2.45) is 0 Å². The van der Waals surface area contributed by atoms with Crippen molar-refractivity contribution in [3.63, 3.8) is 0 Å². The Kier molecular flexibility index (Phi) is 3.13. The molecule has 1 aliphatic rings. The van der Waals surface area contributed by atoms with Crippen LogP contribution < -0.4 is 5.32 Å². The lowest BCUT2D eigenvalue weighted by molar-refractivity contribution is -0.131. The molecule has 7 heteroatoms. The molecule has 1 N–H and O–H groups in total. The van der Waals surface area contributed by atoms with Crippen LogP contribution in [0.1, 0.15) is 30.5 Å². The highest BCUT2D eigenvalue weighted by atomic mass is 19.4. The zero-order valence-electron chi connectivity index (χ0n) is 8.55. The summed E-state index contributed by atoms with van der Waals surface area (Å²) in [5, 5.41) is 6.74. The Bertz CT molecular complexity index is 344. The number of hydrogen-bond acceptors (Lipinski definition) is 4. The van der Waals surface area contributed by atoms with Crippen LogP contribution in [0.25, 0.3) is 0 Å². The molecule has 0 radical (unpaired) electrons. The standard InChI is InChI=1S/C9H12F3N3O/c10-9(11,12)4-7-14-8(15-16-7)6-2-1-3-13-5-6/h6,13H,1-5H2. The lowest BCUT2D eigenvalue weighted by atomic mass is 9.99. The highest BCUT2D eigenvalue weighted by Gasteiger charge is 2.32. The van der Waals surface area contributed by atoms with Crippen LogP contribution in [0, 0.1) is 0 Å². The Morgan fingerprint density at radius 1 is 1.44 bits per heavy atom. The molecule has 90 valence electrons. The number of rotatable bonds is 2. The van der Waals surface area contributed by atoms with Crippen LogP contribution in [-0.2, 0) is 6.42 Å². The first-order valence-electron chi connectivity index (χ1n) is 5.14. The van der Waals surface area contributed by atoms with Crippen LogP contribution >= 0.6 is 0 Å². The van der Waals surface area contributed by atoms with Crippen molar-refractivity contribution in [2.45, 2.75) is 31.4 Å². The minimum absolute atomic E-state index is 0.0690. The Balaban J connectivity index is 2.01. The largest absolute Gasteiger partial charge is 0.397 e. The zero-order chi connectivity index (χ0) is 11.6. The van der Waals surface area contributed by atoms with E-state index in [4.69, 9.17) is 0 Å². The van der Waals surface area contributed by atoms with Crippen LogP contribution in [0.4, 0.5) is 13.2 Å². The molecule has 0 saturated carbocycles. The van der Waals surface area contributed by atoms with Gasteiger partial charge in [-0.15, -0.1) is 0 Å². The van der Waals surface area contributed by atoms with E-state index in [0.29, 0.717) is 12.4 Å². The third-order valence-electron chi connectivity index (χ3n) is 2.50. The fourth-order valence-electron chi connectivity index (χ4n) is 1.75. The number of alkyl halides is 3. The lowest BCUT2D eigenvalue weighted by Gasteiger charge is -2.19. The fourth-order valence-corrected chi connectivity index (χ4v) is 1.75. The van der Waals surface area contributed by atoms with Crippen LogP contribution in [-0.4, -0.2) is 29.4 Å². The van der Waals surface area contributed by atoms with E-state index in [-0.39, 0.29) is 11.8 Å². The number of nitrogens with zero attached hydrogens (tertiary/aromatic N) is 2. The van der Waals surface area contributed by atoms with E-state index in [0.717, 1.165) is 19.4 Å². The zero-order valence-corrected chi connectivity index (χ0v) is 8.55. The van der Waals surface area contributed by atoms with Crippen molar-refractivity contribution >= 4 is 0 Å². The predicted molar refractivity (Wildman–Crippen MR) is 48.9 cm³/mol. The van der Waals surface area contributed by atoms with Crippen LogP contribution in [0.3, 0.4) is 0 Å². The fraction of sp³-hybridized carbons (Fsp3) is 0.778. The summed E-state index contributed by atoms with van der Waals surface area (Å²) in [6.07, 6.45) is -3.58.